The third kappa shape index (κ3) is 15.6. The fourth-order valence-corrected chi connectivity index (χ4v) is 0.214. The summed E-state index contributed by atoms with van der Waals surface area (Å²) < 4.78 is 0. The van der Waals surface area contributed by atoms with Crippen LogP contribution in [-0.2, 0) is 4.79 Å². The van der Waals surface area contributed by atoms with Gasteiger partial charge in [-0.05, 0) is 6.42 Å². The average Bonchev–Trinajstić information content (AvgIpc) is 1.35. The monoisotopic (exact) mass is 156 g/mol. The number of hydrogen-bond donors (Lipinski definition) is 1. The summed E-state index contributed by atoms with van der Waals surface area (Å²) in [6.45, 7) is 1.84. The Balaban J connectivity index is -0.00000000833. The summed E-state index contributed by atoms with van der Waals surface area (Å²) in [7, 11) is 0. The number of carboxylic acid groups (broad SMARTS) is 1. The van der Waals surface area contributed by atoms with Gasteiger partial charge in [-0.15, -0.1) is 0 Å². The molecular formula is C4H12CaMgO2. The fraction of sp³-hybridized carbons (Fsp3) is 0.750. The van der Waals surface area contributed by atoms with E-state index in [-0.39, 0.29) is 66.5 Å². The Morgan fingerprint density at radius 1 is 1.75 bits per heavy atom. The topological polar surface area (TPSA) is 37.3 Å². The molecule has 2 nitrogen and oxygen atoms in total. The number of rotatable bonds is 2. The third-order valence-corrected chi connectivity index (χ3v) is 0.464. The van der Waals surface area contributed by atoms with E-state index in [0.29, 0.717) is 6.42 Å². The van der Waals surface area contributed by atoms with Crippen molar-refractivity contribution in [3.8, 4) is 0 Å². The van der Waals surface area contributed by atoms with Crippen LogP contribution in [-0.4, -0.2) is 71.9 Å². The first-order valence-electron chi connectivity index (χ1n) is 1.99. The Labute approximate surface area is 101 Å². The summed E-state index contributed by atoms with van der Waals surface area (Å²) in [5.74, 6) is -0.711. The zero-order valence-corrected chi connectivity index (χ0v) is 8.81. The van der Waals surface area contributed by atoms with Crippen molar-refractivity contribution in [2.24, 2.45) is 0 Å². The molecular weight excluding hydrogens is 144 g/mol. The van der Waals surface area contributed by atoms with Crippen LogP contribution in [0.25, 0.3) is 0 Å². The Morgan fingerprint density at radius 2 is 2.12 bits per heavy atom. The second kappa shape index (κ2) is 11.3. The molecule has 0 aliphatic heterocycles. The van der Waals surface area contributed by atoms with Gasteiger partial charge in [0.1, 0.15) is 0 Å². The third-order valence-electron chi connectivity index (χ3n) is 0.464. The maximum absolute atomic E-state index is 9.60. The van der Waals surface area contributed by atoms with E-state index in [0.717, 1.165) is 6.42 Å². The Bertz CT molecular complexity index is 69.0. The first-order chi connectivity index (χ1) is 2.77. The molecule has 0 aliphatic carbocycles. The van der Waals surface area contributed by atoms with Crippen molar-refractivity contribution >= 4 is 66.8 Å². The van der Waals surface area contributed by atoms with Crippen LogP contribution in [0.5, 0.6) is 0 Å². The molecule has 0 rings (SSSR count). The van der Waals surface area contributed by atoms with Crippen LogP contribution in [0.3, 0.4) is 0 Å². The number of aliphatic carboxylic acids is 1. The number of carboxylic acids is 1. The zero-order valence-electron chi connectivity index (χ0n) is 9.18. The van der Waals surface area contributed by atoms with Gasteiger partial charge in [0.2, 0.25) is 0 Å². The number of carbonyl (C=O) groups is 1. The fourth-order valence-electron chi connectivity index (χ4n) is 0.214. The van der Waals surface area contributed by atoms with Gasteiger partial charge in [0.25, 0.3) is 0 Å². The minimum atomic E-state index is -0.711. The summed E-state index contributed by atoms with van der Waals surface area (Å²) in [6, 6.07) is 0. The molecule has 0 aromatic carbocycles. The summed E-state index contributed by atoms with van der Waals surface area (Å²) in [5, 5.41) is 7.91. The SMILES string of the molecule is CCCC(=O)O.[Ca+2].[H-].[H-].[H-].[H-].[Mg+2]. The number of hydrogen-bond acceptors (Lipinski definition) is 1. The Kier molecular flexibility index (Phi) is 23.0. The maximum Gasteiger partial charge on any atom is 2.00 e. The minimum absolute atomic E-state index is 0. The molecule has 0 aromatic heterocycles. The predicted molar refractivity (Wildman–Crippen MR) is 38.5 cm³/mol. The van der Waals surface area contributed by atoms with E-state index >= 15 is 0 Å². The predicted octanol–water partition coefficient (Wildman–Crippen LogP) is 0.559. The Morgan fingerprint density at radius 3 is 2.12 bits per heavy atom. The quantitative estimate of drug-likeness (QED) is 0.594. The van der Waals surface area contributed by atoms with Gasteiger partial charge in [-0.2, -0.15) is 0 Å². The molecule has 1 N–H and O–H groups in total. The second-order valence-corrected chi connectivity index (χ2v) is 1.14. The van der Waals surface area contributed by atoms with Gasteiger partial charge in [-0.1, -0.05) is 6.92 Å². The largest absolute Gasteiger partial charge is 2.00 e. The molecule has 0 saturated carbocycles. The van der Waals surface area contributed by atoms with Crippen LogP contribution in [0.1, 0.15) is 25.5 Å². The van der Waals surface area contributed by atoms with Crippen molar-refractivity contribution in [2.75, 3.05) is 0 Å². The van der Waals surface area contributed by atoms with E-state index in [2.05, 4.69) is 0 Å². The van der Waals surface area contributed by atoms with Crippen LogP contribution in [0.2, 0.25) is 0 Å². The molecule has 0 amide bonds. The minimum Gasteiger partial charge on any atom is -1.00 e. The van der Waals surface area contributed by atoms with Gasteiger partial charge >= 0.3 is 66.8 Å². The van der Waals surface area contributed by atoms with E-state index in [4.69, 9.17) is 5.11 Å². The molecule has 8 heavy (non-hydrogen) atoms. The molecule has 0 bridgehead atoms. The molecule has 0 spiro atoms. The van der Waals surface area contributed by atoms with E-state index in [9.17, 15) is 4.79 Å². The van der Waals surface area contributed by atoms with Gasteiger partial charge < -0.3 is 10.8 Å². The van der Waals surface area contributed by atoms with Crippen LogP contribution < -0.4 is 0 Å². The van der Waals surface area contributed by atoms with Crippen LogP contribution in [0, 0.1) is 0 Å². The zero-order chi connectivity index (χ0) is 4.99. The van der Waals surface area contributed by atoms with Crippen LogP contribution in [0.4, 0.5) is 0 Å². The van der Waals surface area contributed by atoms with E-state index in [1.165, 1.54) is 0 Å². The molecule has 0 saturated heterocycles. The standard InChI is InChI=1S/C4H8O2.Ca.Mg.4H/c1-2-3-4(5)6;;;;;;/h2-3H2,1H3,(H,5,6);;;;;;/q;2*+2;4*-1. The summed E-state index contributed by atoms with van der Waals surface area (Å²) in [5.41, 5.74) is 0. The molecule has 0 fully saturated rings. The van der Waals surface area contributed by atoms with Crippen molar-refractivity contribution in [1.82, 2.24) is 0 Å². The molecule has 0 aliphatic rings. The summed E-state index contributed by atoms with van der Waals surface area (Å²) >= 11 is 0. The maximum atomic E-state index is 9.60. The molecule has 0 heterocycles. The molecule has 0 aromatic rings. The molecule has 4 heteroatoms. The van der Waals surface area contributed by atoms with E-state index in [1.54, 1.807) is 0 Å². The molecule has 0 unspecified atom stereocenters. The molecule has 0 atom stereocenters. The van der Waals surface area contributed by atoms with Crippen LogP contribution in [0.15, 0.2) is 0 Å². The molecule has 44 valence electrons. The van der Waals surface area contributed by atoms with Gasteiger partial charge in [-0.25, -0.2) is 0 Å². The Hall–Kier alpha value is 1.50. The smallest absolute Gasteiger partial charge is 1.00 e. The normalized spacial score (nSPS) is 6.12. The molecule has 0 radical (unpaired) electrons. The van der Waals surface area contributed by atoms with E-state index in [1.807, 2.05) is 6.92 Å². The van der Waals surface area contributed by atoms with Gasteiger partial charge in [-0.3, -0.25) is 4.79 Å². The summed E-state index contributed by atoms with van der Waals surface area (Å²) in [6.07, 6.45) is 1.02. The van der Waals surface area contributed by atoms with E-state index < -0.39 is 5.97 Å². The van der Waals surface area contributed by atoms with Crippen molar-refractivity contribution < 1.29 is 15.6 Å². The average molecular weight is 157 g/mol. The van der Waals surface area contributed by atoms with Gasteiger partial charge in [0.15, 0.2) is 0 Å². The first-order valence-corrected chi connectivity index (χ1v) is 1.99. The first kappa shape index (κ1) is 16.2. The van der Waals surface area contributed by atoms with Crippen molar-refractivity contribution in [3.05, 3.63) is 0 Å². The second-order valence-electron chi connectivity index (χ2n) is 1.14. The van der Waals surface area contributed by atoms with Gasteiger partial charge in [0.05, 0.1) is 0 Å². The van der Waals surface area contributed by atoms with Gasteiger partial charge in [0, 0.05) is 6.42 Å². The van der Waals surface area contributed by atoms with Crippen molar-refractivity contribution in [3.63, 3.8) is 0 Å². The van der Waals surface area contributed by atoms with Crippen molar-refractivity contribution in [2.45, 2.75) is 19.8 Å². The van der Waals surface area contributed by atoms with Crippen LogP contribution >= 0.6 is 0 Å². The summed E-state index contributed by atoms with van der Waals surface area (Å²) in [4.78, 5) is 9.60. The van der Waals surface area contributed by atoms with Crippen molar-refractivity contribution in [1.29, 1.82) is 0 Å².